The molecular weight excluding hydrogens is 200 g/mol. The average Bonchev–Trinajstić information content (AvgIpc) is 2.25. The summed E-state index contributed by atoms with van der Waals surface area (Å²) in [5.74, 6) is 1.61. The molecule has 1 atom stereocenters. The molecule has 0 aliphatic rings. The van der Waals surface area contributed by atoms with E-state index in [1.165, 1.54) is 0 Å². The third kappa shape index (κ3) is 3.49. The number of hydrogen-bond donors (Lipinski definition) is 1. The zero-order valence-corrected chi connectivity index (χ0v) is 10.6. The molecular formula is C13H22N2O. The molecule has 0 spiro atoms. The van der Waals surface area contributed by atoms with E-state index in [2.05, 4.69) is 30.7 Å². The van der Waals surface area contributed by atoms with Gasteiger partial charge in [-0.2, -0.15) is 0 Å². The van der Waals surface area contributed by atoms with Crippen LogP contribution in [0.5, 0.6) is 0 Å². The Kier molecular flexibility index (Phi) is 4.74. The predicted octanol–water partition coefficient (Wildman–Crippen LogP) is 2.62. The van der Waals surface area contributed by atoms with E-state index in [1.807, 2.05) is 12.1 Å². The smallest absolute Gasteiger partial charge is 0.128 e. The van der Waals surface area contributed by atoms with Gasteiger partial charge in [-0.3, -0.25) is 0 Å². The standard InChI is InChI=1S/C13H22N2O/c1-5-15(9-10(2)3)13-7-6-12(8-14-13)11(4)16/h6-8,10-11,16H,5,9H2,1-4H3/t11-/m1/s1. The first-order chi connectivity index (χ1) is 7.54. The molecule has 0 aliphatic carbocycles. The number of anilines is 1. The highest BCUT2D eigenvalue weighted by atomic mass is 16.3. The van der Waals surface area contributed by atoms with Crippen LogP contribution in [-0.2, 0) is 0 Å². The van der Waals surface area contributed by atoms with Gasteiger partial charge in [0.15, 0.2) is 0 Å². The van der Waals surface area contributed by atoms with Crippen molar-refractivity contribution in [1.82, 2.24) is 4.98 Å². The van der Waals surface area contributed by atoms with Crippen LogP contribution in [-0.4, -0.2) is 23.2 Å². The number of aliphatic hydroxyl groups is 1. The molecule has 0 aromatic carbocycles. The van der Waals surface area contributed by atoms with Crippen LogP contribution in [0.2, 0.25) is 0 Å². The molecule has 1 aromatic heterocycles. The van der Waals surface area contributed by atoms with Gasteiger partial charge in [-0.15, -0.1) is 0 Å². The lowest BCUT2D eigenvalue weighted by Gasteiger charge is -2.24. The molecule has 1 rings (SSSR count). The summed E-state index contributed by atoms with van der Waals surface area (Å²) in [6, 6.07) is 3.92. The number of nitrogens with zero attached hydrogens (tertiary/aromatic N) is 2. The van der Waals surface area contributed by atoms with Crippen molar-refractivity contribution >= 4 is 5.82 Å². The zero-order valence-electron chi connectivity index (χ0n) is 10.6. The maximum Gasteiger partial charge on any atom is 0.128 e. The number of rotatable bonds is 5. The number of aliphatic hydroxyl groups excluding tert-OH is 1. The van der Waals surface area contributed by atoms with E-state index in [1.54, 1.807) is 13.1 Å². The van der Waals surface area contributed by atoms with Crippen molar-refractivity contribution in [2.75, 3.05) is 18.0 Å². The van der Waals surface area contributed by atoms with Gasteiger partial charge in [-0.1, -0.05) is 19.9 Å². The lowest BCUT2D eigenvalue weighted by atomic mass is 10.2. The third-order valence-electron chi connectivity index (χ3n) is 2.54. The topological polar surface area (TPSA) is 36.4 Å². The number of aromatic nitrogens is 1. The highest BCUT2D eigenvalue weighted by Gasteiger charge is 2.08. The maximum absolute atomic E-state index is 9.40. The van der Waals surface area contributed by atoms with Crippen molar-refractivity contribution in [1.29, 1.82) is 0 Å². The van der Waals surface area contributed by atoms with E-state index in [4.69, 9.17) is 0 Å². The largest absolute Gasteiger partial charge is 0.389 e. The maximum atomic E-state index is 9.40. The molecule has 3 nitrogen and oxygen atoms in total. The molecule has 0 saturated carbocycles. The Morgan fingerprint density at radius 1 is 1.31 bits per heavy atom. The fraction of sp³-hybridized carbons (Fsp3) is 0.615. The minimum absolute atomic E-state index is 0.443. The summed E-state index contributed by atoms with van der Waals surface area (Å²) in [6.07, 6.45) is 1.31. The summed E-state index contributed by atoms with van der Waals surface area (Å²) < 4.78 is 0. The van der Waals surface area contributed by atoms with Gasteiger partial charge in [-0.25, -0.2) is 4.98 Å². The van der Waals surface area contributed by atoms with E-state index >= 15 is 0 Å². The normalized spacial score (nSPS) is 12.9. The van der Waals surface area contributed by atoms with Crippen molar-refractivity contribution in [2.24, 2.45) is 5.92 Å². The molecule has 0 saturated heterocycles. The van der Waals surface area contributed by atoms with Crippen molar-refractivity contribution in [2.45, 2.75) is 33.8 Å². The molecule has 1 N–H and O–H groups in total. The van der Waals surface area contributed by atoms with Crippen LogP contribution in [0.3, 0.4) is 0 Å². The molecule has 1 aromatic rings. The van der Waals surface area contributed by atoms with Crippen LogP contribution in [0.25, 0.3) is 0 Å². The second-order valence-corrected chi connectivity index (χ2v) is 4.56. The number of hydrogen-bond acceptors (Lipinski definition) is 3. The van der Waals surface area contributed by atoms with Gasteiger partial charge in [0, 0.05) is 19.3 Å². The minimum atomic E-state index is -0.443. The van der Waals surface area contributed by atoms with Crippen molar-refractivity contribution in [3.63, 3.8) is 0 Å². The Morgan fingerprint density at radius 3 is 2.38 bits per heavy atom. The van der Waals surface area contributed by atoms with Gasteiger partial charge in [-0.05, 0) is 31.4 Å². The second kappa shape index (κ2) is 5.85. The molecule has 0 amide bonds. The summed E-state index contributed by atoms with van der Waals surface area (Å²) >= 11 is 0. The second-order valence-electron chi connectivity index (χ2n) is 4.56. The third-order valence-corrected chi connectivity index (χ3v) is 2.54. The summed E-state index contributed by atoms with van der Waals surface area (Å²) in [4.78, 5) is 6.64. The Morgan fingerprint density at radius 2 is 2.00 bits per heavy atom. The van der Waals surface area contributed by atoms with Gasteiger partial charge in [0.1, 0.15) is 5.82 Å². The van der Waals surface area contributed by atoms with Crippen molar-refractivity contribution < 1.29 is 5.11 Å². The predicted molar refractivity (Wildman–Crippen MR) is 67.6 cm³/mol. The molecule has 0 radical (unpaired) electrons. The van der Waals surface area contributed by atoms with Crippen LogP contribution < -0.4 is 4.90 Å². The van der Waals surface area contributed by atoms with E-state index in [0.717, 1.165) is 24.5 Å². The Hall–Kier alpha value is -1.09. The summed E-state index contributed by atoms with van der Waals surface area (Å²) in [6.45, 7) is 10.3. The van der Waals surface area contributed by atoms with E-state index in [-0.39, 0.29) is 0 Å². The molecule has 0 bridgehead atoms. The van der Waals surface area contributed by atoms with Crippen LogP contribution in [0.4, 0.5) is 5.82 Å². The summed E-state index contributed by atoms with van der Waals surface area (Å²) in [5, 5.41) is 9.40. The van der Waals surface area contributed by atoms with Gasteiger partial charge in [0.25, 0.3) is 0 Å². The monoisotopic (exact) mass is 222 g/mol. The van der Waals surface area contributed by atoms with E-state index in [0.29, 0.717) is 5.92 Å². The van der Waals surface area contributed by atoms with Crippen LogP contribution in [0.15, 0.2) is 18.3 Å². The van der Waals surface area contributed by atoms with Crippen LogP contribution >= 0.6 is 0 Å². The SMILES string of the molecule is CCN(CC(C)C)c1ccc([C@@H](C)O)cn1. The van der Waals surface area contributed by atoms with Gasteiger partial charge < -0.3 is 10.0 Å². The first-order valence-corrected chi connectivity index (χ1v) is 5.93. The van der Waals surface area contributed by atoms with Gasteiger partial charge >= 0.3 is 0 Å². The first-order valence-electron chi connectivity index (χ1n) is 5.93. The van der Waals surface area contributed by atoms with Crippen LogP contribution in [0, 0.1) is 5.92 Å². The van der Waals surface area contributed by atoms with Gasteiger partial charge in [0.2, 0.25) is 0 Å². The highest BCUT2D eigenvalue weighted by Crippen LogP contribution is 2.16. The fourth-order valence-electron chi connectivity index (χ4n) is 1.66. The summed E-state index contributed by atoms with van der Waals surface area (Å²) in [7, 11) is 0. The number of pyridine rings is 1. The molecule has 16 heavy (non-hydrogen) atoms. The Balaban J connectivity index is 2.78. The lowest BCUT2D eigenvalue weighted by Crippen LogP contribution is -2.28. The molecule has 0 aliphatic heterocycles. The minimum Gasteiger partial charge on any atom is -0.389 e. The molecule has 0 fully saturated rings. The summed E-state index contributed by atoms with van der Waals surface area (Å²) in [5.41, 5.74) is 0.865. The van der Waals surface area contributed by atoms with Crippen LogP contribution in [0.1, 0.15) is 39.4 Å². The van der Waals surface area contributed by atoms with E-state index in [9.17, 15) is 5.11 Å². The van der Waals surface area contributed by atoms with E-state index < -0.39 is 6.10 Å². The Bertz CT molecular complexity index is 306. The molecule has 90 valence electrons. The first kappa shape index (κ1) is 13.0. The fourth-order valence-corrected chi connectivity index (χ4v) is 1.66. The van der Waals surface area contributed by atoms with Crippen molar-refractivity contribution in [3.05, 3.63) is 23.9 Å². The average molecular weight is 222 g/mol. The molecule has 0 unspecified atom stereocenters. The lowest BCUT2D eigenvalue weighted by molar-refractivity contribution is 0.199. The molecule has 3 heteroatoms. The Labute approximate surface area is 98.1 Å². The zero-order chi connectivity index (χ0) is 12.1. The highest BCUT2D eigenvalue weighted by molar-refractivity contribution is 5.39. The quantitative estimate of drug-likeness (QED) is 0.832. The van der Waals surface area contributed by atoms with Crippen molar-refractivity contribution in [3.8, 4) is 0 Å². The van der Waals surface area contributed by atoms with Gasteiger partial charge in [0.05, 0.1) is 6.10 Å². The molecule has 1 heterocycles.